The van der Waals surface area contributed by atoms with E-state index in [1.807, 2.05) is 18.5 Å². The molecule has 2 aromatic heterocycles. The van der Waals surface area contributed by atoms with E-state index in [1.54, 1.807) is 0 Å². The highest BCUT2D eigenvalue weighted by Gasteiger charge is 2.16. The number of nitrogens with one attached hydrogen (secondary N) is 1. The molecule has 0 aliphatic heterocycles. The molecule has 0 fully saturated rings. The van der Waals surface area contributed by atoms with Crippen LogP contribution in [0.3, 0.4) is 0 Å². The quantitative estimate of drug-likeness (QED) is 0.647. The first kappa shape index (κ1) is 13.5. The molecule has 0 aliphatic rings. The van der Waals surface area contributed by atoms with Gasteiger partial charge in [0, 0.05) is 11.3 Å². The molecular weight excluding hydrogens is 240 g/mol. The van der Waals surface area contributed by atoms with Gasteiger partial charge in [0.2, 0.25) is 0 Å². The van der Waals surface area contributed by atoms with Crippen molar-refractivity contribution in [2.75, 3.05) is 5.43 Å². The minimum Gasteiger partial charge on any atom is -0.308 e. The predicted octanol–water partition coefficient (Wildman–Crippen LogP) is 1.83. The number of aromatic nitrogens is 4. The zero-order chi connectivity index (χ0) is 14.0. The molecule has 3 N–H and O–H groups in total. The molecule has 19 heavy (non-hydrogen) atoms. The van der Waals surface area contributed by atoms with E-state index in [-0.39, 0.29) is 0 Å². The molecule has 0 atom stereocenters. The van der Waals surface area contributed by atoms with Crippen molar-refractivity contribution in [3.63, 3.8) is 0 Å². The van der Waals surface area contributed by atoms with Gasteiger partial charge in [0.15, 0.2) is 5.82 Å². The normalized spacial score (nSPS) is 10.8. The van der Waals surface area contributed by atoms with E-state index in [0.717, 1.165) is 35.6 Å². The van der Waals surface area contributed by atoms with Crippen LogP contribution in [0.15, 0.2) is 6.33 Å². The minimum absolute atomic E-state index is 0.664. The molecule has 0 aromatic carbocycles. The molecule has 0 radical (unpaired) electrons. The number of hydrogen-bond acceptors (Lipinski definition) is 5. The van der Waals surface area contributed by atoms with Gasteiger partial charge >= 0.3 is 0 Å². The first-order chi connectivity index (χ1) is 9.10. The summed E-state index contributed by atoms with van der Waals surface area (Å²) in [6, 6.07) is 0. The third-order valence-corrected chi connectivity index (χ3v) is 3.41. The fraction of sp³-hybridized carbons (Fsp3) is 0.462. The Bertz CT molecular complexity index is 587. The summed E-state index contributed by atoms with van der Waals surface area (Å²) < 4.78 is 1.87. The predicted molar refractivity (Wildman–Crippen MR) is 75.2 cm³/mol. The number of nitrogen functional groups attached to an aromatic ring is 1. The second-order valence-corrected chi connectivity index (χ2v) is 4.63. The van der Waals surface area contributed by atoms with Crippen LogP contribution in [0.25, 0.3) is 5.82 Å². The van der Waals surface area contributed by atoms with Crippen molar-refractivity contribution in [1.82, 2.24) is 19.7 Å². The number of nitrogens with zero attached hydrogens (tertiary/aromatic N) is 4. The van der Waals surface area contributed by atoms with Gasteiger partial charge in [-0.25, -0.2) is 20.5 Å². The minimum atomic E-state index is 0.664. The largest absolute Gasteiger partial charge is 0.308 e. The summed E-state index contributed by atoms with van der Waals surface area (Å²) in [5.74, 6) is 7.00. The number of nitrogens with two attached hydrogens (primary N) is 1. The van der Waals surface area contributed by atoms with E-state index in [9.17, 15) is 0 Å². The Kier molecular flexibility index (Phi) is 3.80. The Labute approximate surface area is 113 Å². The third kappa shape index (κ3) is 2.31. The summed E-state index contributed by atoms with van der Waals surface area (Å²) in [6.07, 6.45) is 3.36. The summed E-state index contributed by atoms with van der Waals surface area (Å²) in [5.41, 5.74) is 6.93. The SMILES string of the molecule is CCCc1c(NN)ncnc1-n1nc(C)c(C)c1C. The third-order valence-electron chi connectivity index (χ3n) is 3.41. The number of rotatable bonds is 4. The summed E-state index contributed by atoms with van der Waals surface area (Å²) >= 11 is 0. The summed E-state index contributed by atoms with van der Waals surface area (Å²) in [4.78, 5) is 8.56. The van der Waals surface area contributed by atoms with Crippen molar-refractivity contribution in [1.29, 1.82) is 0 Å². The van der Waals surface area contributed by atoms with Crippen molar-refractivity contribution < 1.29 is 0 Å². The summed E-state index contributed by atoms with van der Waals surface area (Å²) in [5, 5.41) is 4.56. The molecule has 0 amide bonds. The highest BCUT2D eigenvalue weighted by atomic mass is 15.3. The molecule has 0 spiro atoms. The molecule has 0 bridgehead atoms. The van der Waals surface area contributed by atoms with E-state index in [4.69, 9.17) is 5.84 Å². The van der Waals surface area contributed by atoms with Crippen LogP contribution in [-0.2, 0) is 6.42 Å². The second-order valence-electron chi connectivity index (χ2n) is 4.63. The monoisotopic (exact) mass is 260 g/mol. The van der Waals surface area contributed by atoms with Crippen molar-refractivity contribution in [3.05, 3.63) is 28.8 Å². The summed E-state index contributed by atoms with van der Waals surface area (Å²) in [7, 11) is 0. The number of aryl methyl sites for hydroxylation is 1. The molecule has 6 heteroatoms. The molecular formula is C13H20N6. The zero-order valence-electron chi connectivity index (χ0n) is 11.9. The van der Waals surface area contributed by atoms with Gasteiger partial charge in [0.1, 0.15) is 12.1 Å². The number of hydrazine groups is 1. The van der Waals surface area contributed by atoms with E-state index in [2.05, 4.69) is 34.3 Å². The van der Waals surface area contributed by atoms with Gasteiger partial charge < -0.3 is 5.43 Å². The molecule has 0 saturated heterocycles. The van der Waals surface area contributed by atoms with Crippen molar-refractivity contribution >= 4 is 5.82 Å². The fourth-order valence-corrected chi connectivity index (χ4v) is 2.12. The molecule has 0 aliphatic carbocycles. The Morgan fingerprint density at radius 1 is 1.26 bits per heavy atom. The first-order valence-corrected chi connectivity index (χ1v) is 6.43. The standard InChI is InChI=1S/C13H20N6/c1-5-6-11-12(17-14)15-7-16-13(11)19-10(4)8(2)9(3)18-19/h7H,5-6,14H2,1-4H3,(H,15,16,17). The number of hydrogen-bond donors (Lipinski definition) is 2. The lowest BCUT2D eigenvalue weighted by Crippen LogP contribution is -2.15. The highest BCUT2D eigenvalue weighted by molar-refractivity contribution is 5.51. The van der Waals surface area contributed by atoms with Gasteiger partial charge in [-0.15, -0.1) is 0 Å². The molecule has 2 aromatic rings. The Balaban J connectivity index is 2.64. The van der Waals surface area contributed by atoms with Crippen LogP contribution in [-0.4, -0.2) is 19.7 Å². The van der Waals surface area contributed by atoms with Gasteiger partial charge in [0.05, 0.1) is 5.69 Å². The lowest BCUT2D eigenvalue weighted by atomic mass is 10.1. The molecule has 2 rings (SSSR count). The Hall–Kier alpha value is -1.95. The van der Waals surface area contributed by atoms with Crippen LogP contribution in [0.1, 0.15) is 35.9 Å². The van der Waals surface area contributed by atoms with Gasteiger partial charge in [-0.2, -0.15) is 5.10 Å². The molecule has 0 saturated carbocycles. The highest BCUT2D eigenvalue weighted by Crippen LogP contribution is 2.23. The number of anilines is 1. The second kappa shape index (κ2) is 5.36. The topological polar surface area (TPSA) is 81.6 Å². The van der Waals surface area contributed by atoms with Crippen LogP contribution in [0.4, 0.5) is 5.82 Å². The first-order valence-electron chi connectivity index (χ1n) is 6.43. The molecule has 2 heterocycles. The van der Waals surface area contributed by atoms with Crippen LogP contribution in [0.2, 0.25) is 0 Å². The van der Waals surface area contributed by atoms with Gasteiger partial charge in [0.25, 0.3) is 0 Å². The maximum Gasteiger partial charge on any atom is 0.162 e. The van der Waals surface area contributed by atoms with Crippen LogP contribution >= 0.6 is 0 Å². The van der Waals surface area contributed by atoms with Gasteiger partial charge in [-0.3, -0.25) is 0 Å². The Morgan fingerprint density at radius 3 is 2.53 bits per heavy atom. The average Bonchev–Trinajstić information content (AvgIpc) is 2.67. The lowest BCUT2D eigenvalue weighted by molar-refractivity contribution is 0.772. The Morgan fingerprint density at radius 2 is 2.00 bits per heavy atom. The average molecular weight is 260 g/mol. The molecule has 0 unspecified atom stereocenters. The van der Waals surface area contributed by atoms with E-state index in [0.29, 0.717) is 5.82 Å². The maximum absolute atomic E-state index is 5.53. The maximum atomic E-state index is 5.53. The van der Waals surface area contributed by atoms with Crippen molar-refractivity contribution in [2.45, 2.75) is 40.5 Å². The van der Waals surface area contributed by atoms with E-state index >= 15 is 0 Å². The van der Waals surface area contributed by atoms with Crippen molar-refractivity contribution in [3.8, 4) is 5.82 Å². The van der Waals surface area contributed by atoms with Gasteiger partial charge in [-0.1, -0.05) is 13.3 Å². The van der Waals surface area contributed by atoms with Crippen LogP contribution < -0.4 is 11.3 Å². The van der Waals surface area contributed by atoms with Crippen molar-refractivity contribution in [2.24, 2.45) is 5.84 Å². The lowest BCUT2D eigenvalue weighted by Gasteiger charge is -2.12. The van der Waals surface area contributed by atoms with E-state index < -0.39 is 0 Å². The van der Waals surface area contributed by atoms with Crippen LogP contribution in [0, 0.1) is 20.8 Å². The molecule has 102 valence electrons. The zero-order valence-corrected chi connectivity index (χ0v) is 11.9. The summed E-state index contributed by atoms with van der Waals surface area (Å²) in [6.45, 7) is 8.23. The van der Waals surface area contributed by atoms with E-state index in [1.165, 1.54) is 11.9 Å². The van der Waals surface area contributed by atoms with Crippen LogP contribution in [0.5, 0.6) is 0 Å². The smallest absolute Gasteiger partial charge is 0.162 e. The van der Waals surface area contributed by atoms with Gasteiger partial charge in [-0.05, 0) is 32.8 Å². The molecule has 6 nitrogen and oxygen atoms in total. The fourth-order valence-electron chi connectivity index (χ4n) is 2.12.